The van der Waals surface area contributed by atoms with Gasteiger partial charge in [0.25, 0.3) is 11.8 Å². The Morgan fingerprint density at radius 1 is 1.08 bits per heavy atom. The second-order valence-corrected chi connectivity index (χ2v) is 6.67. The van der Waals surface area contributed by atoms with Gasteiger partial charge in [-0.2, -0.15) is 0 Å². The van der Waals surface area contributed by atoms with Crippen LogP contribution in [-0.4, -0.2) is 30.8 Å². The lowest BCUT2D eigenvalue weighted by Gasteiger charge is -2.16. The highest BCUT2D eigenvalue weighted by Gasteiger charge is 2.15. The van der Waals surface area contributed by atoms with E-state index in [0.717, 1.165) is 20.5 Å². The minimum atomic E-state index is -0.115. The number of nitrogens with one attached hydrogen (secondary N) is 1. The molecular weight excluding hydrogens is 320 g/mol. The molecule has 0 saturated carbocycles. The second kappa shape index (κ2) is 6.84. The summed E-state index contributed by atoms with van der Waals surface area (Å²) < 4.78 is 1.11. The molecule has 2 amide bonds. The zero-order chi connectivity index (χ0) is 17.1. The molecule has 0 radical (unpaired) electrons. The molecule has 24 heavy (non-hydrogen) atoms. The number of fused-ring (bicyclic) bond motifs is 1. The summed E-state index contributed by atoms with van der Waals surface area (Å²) in [7, 11) is 3.40. The van der Waals surface area contributed by atoms with Crippen molar-refractivity contribution >= 4 is 33.2 Å². The van der Waals surface area contributed by atoms with Crippen molar-refractivity contribution in [3.63, 3.8) is 0 Å². The van der Waals surface area contributed by atoms with Crippen molar-refractivity contribution in [2.45, 2.75) is 6.54 Å². The minimum absolute atomic E-state index is 0.00609. The molecule has 1 heterocycles. The van der Waals surface area contributed by atoms with E-state index >= 15 is 0 Å². The van der Waals surface area contributed by atoms with Crippen molar-refractivity contribution in [1.29, 1.82) is 0 Å². The van der Waals surface area contributed by atoms with Gasteiger partial charge in [-0.3, -0.25) is 9.59 Å². The van der Waals surface area contributed by atoms with Gasteiger partial charge in [0.05, 0.1) is 4.88 Å². The number of hydrogen-bond donors (Lipinski definition) is 1. The van der Waals surface area contributed by atoms with Crippen LogP contribution in [0.3, 0.4) is 0 Å². The van der Waals surface area contributed by atoms with Gasteiger partial charge in [-0.15, -0.1) is 11.3 Å². The number of hydrogen-bond acceptors (Lipinski definition) is 3. The van der Waals surface area contributed by atoms with Gasteiger partial charge in [0.2, 0.25) is 0 Å². The van der Waals surface area contributed by atoms with Crippen LogP contribution in [-0.2, 0) is 6.54 Å². The fourth-order valence-corrected chi connectivity index (χ4v) is 3.58. The molecule has 1 aromatic heterocycles. The van der Waals surface area contributed by atoms with Crippen LogP contribution < -0.4 is 5.32 Å². The molecule has 0 aliphatic rings. The first-order valence-corrected chi connectivity index (χ1v) is 8.45. The largest absolute Gasteiger partial charge is 0.355 e. The molecule has 4 nitrogen and oxygen atoms in total. The zero-order valence-electron chi connectivity index (χ0n) is 13.6. The van der Waals surface area contributed by atoms with Crippen molar-refractivity contribution in [2.24, 2.45) is 0 Å². The summed E-state index contributed by atoms with van der Waals surface area (Å²) >= 11 is 1.51. The fraction of sp³-hybridized carbons (Fsp3) is 0.158. The summed E-state index contributed by atoms with van der Waals surface area (Å²) in [5.74, 6) is -0.108. The number of carbonyl (C=O) groups is 2. The maximum Gasteiger partial charge on any atom is 0.264 e. The lowest BCUT2D eigenvalue weighted by molar-refractivity contribution is 0.0789. The van der Waals surface area contributed by atoms with Crippen molar-refractivity contribution in [3.05, 3.63) is 70.6 Å². The summed E-state index contributed by atoms with van der Waals surface area (Å²) in [4.78, 5) is 26.6. The summed E-state index contributed by atoms with van der Waals surface area (Å²) in [6, 6.07) is 17.2. The molecule has 0 fully saturated rings. The zero-order valence-corrected chi connectivity index (χ0v) is 14.4. The molecule has 5 heteroatoms. The Morgan fingerprint density at radius 3 is 2.46 bits per heavy atom. The third-order valence-corrected chi connectivity index (χ3v) is 4.95. The van der Waals surface area contributed by atoms with Crippen molar-refractivity contribution < 1.29 is 9.59 Å². The van der Waals surface area contributed by atoms with Gasteiger partial charge in [-0.05, 0) is 35.2 Å². The Morgan fingerprint density at radius 2 is 1.79 bits per heavy atom. The molecule has 0 saturated heterocycles. The van der Waals surface area contributed by atoms with Crippen LogP contribution in [0, 0.1) is 0 Å². The van der Waals surface area contributed by atoms with Crippen LogP contribution in [0.2, 0.25) is 0 Å². The Kier molecular flexibility index (Phi) is 4.62. The SMILES string of the molecule is CNC(=O)c1ccc(CN(C)C(=O)c2cc3ccccc3s2)cc1. The Balaban J connectivity index is 1.72. The molecule has 3 aromatic rings. The summed E-state index contributed by atoms with van der Waals surface area (Å²) in [6.07, 6.45) is 0. The number of benzene rings is 2. The predicted octanol–water partition coefficient (Wildman–Crippen LogP) is 3.53. The average Bonchev–Trinajstić information content (AvgIpc) is 3.05. The lowest BCUT2D eigenvalue weighted by Crippen LogP contribution is -2.25. The lowest BCUT2D eigenvalue weighted by atomic mass is 10.1. The molecule has 0 atom stereocenters. The molecule has 0 spiro atoms. The van der Waals surface area contributed by atoms with E-state index in [0.29, 0.717) is 12.1 Å². The molecule has 122 valence electrons. The Bertz CT molecular complexity index is 851. The predicted molar refractivity (Wildman–Crippen MR) is 97.5 cm³/mol. The van der Waals surface area contributed by atoms with Crippen LogP contribution in [0.4, 0.5) is 0 Å². The first-order chi connectivity index (χ1) is 11.6. The third kappa shape index (κ3) is 3.31. The van der Waals surface area contributed by atoms with Crippen LogP contribution in [0.15, 0.2) is 54.6 Å². The number of nitrogens with zero attached hydrogens (tertiary/aromatic N) is 1. The van der Waals surface area contributed by atoms with Crippen LogP contribution in [0.1, 0.15) is 25.6 Å². The van der Waals surface area contributed by atoms with Crippen molar-refractivity contribution in [1.82, 2.24) is 10.2 Å². The van der Waals surface area contributed by atoms with Crippen LogP contribution in [0.5, 0.6) is 0 Å². The second-order valence-electron chi connectivity index (χ2n) is 5.59. The molecule has 0 aliphatic heterocycles. The summed E-state index contributed by atoms with van der Waals surface area (Å²) in [6.45, 7) is 0.501. The van der Waals surface area contributed by atoms with E-state index in [9.17, 15) is 9.59 Å². The van der Waals surface area contributed by atoms with Gasteiger partial charge in [-0.25, -0.2) is 0 Å². The van der Waals surface area contributed by atoms with Gasteiger partial charge < -0.3 is 10.2 Å². The monoisotopic (exact) mass is 338 g/mol. The average molecular weight is 338 g/mol. The summed E-state index contributed by atoms with van der Waals surface area (Å²) in [5.41, 5.74) is 1.60. The van der Waals surface area contributed by atoms with E-state index < -0.39 is 0 Å². The quantitative estimate of drug-likeness (QED) is 0.791. The van der Waals surface area contributed by atoms with Gasteiger partial charge >= 0.3 is 0 Å². The van der Waals surface area contributed by atoms with E-state index in [2.05, 4.69) is 5.32 Å². The van der Waals surface area contributed by atoms with E-state index in [-0.39, 0.29) is 11.8 Å². The first kappa shape index (κ1) is 16.2. The molecule has 3 rings (SSSR count). The standard InChI is InChI=1S/C19H18N2O2S/c1-20-18(22)14-9-7-13(8-10-14)12-21(2)19(23)17-11-15-5-3-4-6-16(15)24-17/h3-11H,12H2,1-2H3,(H,20,22). The highest BCUT2D eigenvalue weighted by atomic mass is 32.1. The highest BCUT2D eigenvalue weighted by Crippen LogP contribution is 2.26. The maximum atomic E-state index is 12.6. The third-order valence-electron chi connectivity index (χ3n) is 3.85. The molecular formula is C19H18N2O2S. The number of rotatable bonds is 4. The Labute approximate surface area is 144 Å². The number of thiophene rings is 1. The molecule has 0 unspecified atom stereocenters. The topological polar surface area (TPSA) is 49.4 Å². The summed E-state index contributed by atoms with van der Waals surface area (Å²) in [5, 5.41) is 3.68. The van der Waals surface area contributed by atoms with Gasteiger partial charge in [0.1, 0.15) is 0 Å². The van der Waals surface area contributed by atoms with Crippen LogP contribution >= 0.6 is 11.3 Å². The smallest absolute Gasteiger partial charge is 0.264 e. The fourth-order valence-electron chi connectivity index (χ4n) is 2.53. The van der Waals surface area contributed by atoms with E-state index in [4.69, 9.17) is 0 Å². The van der Waals surface area contributed by atoms with Crippen molar-refractivity contribution in [3.8, 4) is 0 Å². The Hall–Kier alpha value is -2.66. The number of amides is 2. The van der Waals surface area contributed by atoms with Gasteiger partial charge in [0.15, 0.2) is 0 Å². The van der Waals surface area contributed by atoms with Gasteiger partial charge in [-0.1, -0.05) is 30.3 Å². The first-order valence-electron chi connectivity index (χ1n) is 7.63. The van der Waals surface area contributed by atoms with Crippen LogP contribution in [0.25, 0.3) is 10.1 Å². The molecule has 0 aliphatic carbocycles. The van der Waals surface area contributed by atoms with E-state index in [1.165, 1.54) is 11.3 Å². The van der Waals surface area contributed by atoms with E-state index in [1.807, 2.05) is 42.5 Å². The van der Waals surface area contributed by atoms with E-state index in [1.54, 1.807) is 31.1 Å². The number of carbonyl (C=O) groups excluding carboxylic acids is 2. The molecule has 0 bridgehead atoms. The molecule has 2 aromatic carbocycles. The normalized spacial score (nSPS) is 10.6. The van der Waals surface area contributed by atoms with Gasteiger partial charge in [0, 0.05) is 30.9 Å². The van der Waals surface area contributed by atoms with Crippen molar-refractivity contribution in [2.75, 3.05) is 14.1 Å². The molecule has 1 N–H and O–H groups in total. The maximum absolute atomic E-state index is 12.6. The highest BCUT2D eigenvalue weighted by molar-refractivity contribution is 7.20. The minimum Gasteiger partial charge on any atom is -0.355 e.